The van der Waals surface area contributed by atoms with E-state index in [-0.39, 0.29) is 24.3 Å². The monoisotopic (exact) mass is 511 g/mol. The number of fused-ring (bicyclic) bond motifs is 1. The van der Waals surface area contributed by atoms with E-state index in [1.165, 1.54) is 12.1 Å². The average Bonchev–Trinajstić information content (AvgIpc) is 2.85. The number of benzene rings is 2. The van der Waals surface area contributed by atoms with Gasteiger partial charge in [0.25, 0.3) is 0 Å². The van der Waals surface area contributed by atoms with Crippen molar-refractivity contribution in [1.29, 1.82) is 0 Å². The summed E-state index contributed by atoms with van der Waals surface area (Å²) in [5.74, 6) is -1.02. The minimum Gasteiger partial charge on any atom is -0.385 e. The fourth-order valence-electron chi connectivity index (χ4n) is 5.44. The molecule has 1 aromatic heterocycles. The van der Waals surface area contributed by atoms with Gasteiger partial charge in [-0.3, -0.25) is 24.8 Å². The van der Waals surface area contributed by atoms with Gasteiger partial charge in [-0.1, -0.05) is 18.2 Å². The van der Waals surface area contributed by atoms with E-state index in [0.29, 0.717) is 32.4 Å². The van der Waals surface area contributed by atoms with Crippen molar-refractivity contribution in [1.82, 2.24) is 15.2 Å². The maximum atomic E-state index is 12.9. The second-order valence-corrected chi connectivity index (χ2v) is 10.2. The molecule has 0 radical (unpaired) electrons. The van der Waals surface area contributed by atoms with Crippen molar-refractivity contribution in [2.24, 2.45) is 0 Å². The van der Waals surface area contributed by atoms with Crippen molar-refractivity contribution >= 4 is 22.7 Å². The Hall–Kier alpha value is -3.30. The van der Waals surface area contributed by atoms with E-state index >= 15 is 0 Å². The smallest absolute Gasteiger partial charge is 0.385 e. The van der Waals surface area contributed by atoms with Crippen LogP contribution >= 0.6 is 0 Å². The van der Waals surface area contributed by atoms with Crippen LogP contribution in [0.25, 0.3) is 10.9 Å². The first-order chi connectivity index (χ1) is 17.5. The number of alkyl halides is 3. The summed E-state index contributed by atoms with van der Waals surface area (Å²) < 4.78 is 38.6. The first-order valence-corrected chi connectivity index (χ1v) is 12.4. The molecule has 2 saturated heterocycles. The lowest BCUT2D eigenvalue weighted by Crippen LogP contribution is -2.47. The molecule has 0 aliphatic carbocycles. The fourth-order valence-corrected chi connectivity index (χ4v) is 5.44. The van der Waals surface area contributed by atoms with Gasteiger partial charge in [-0.25, -0.2) is 0 Å². The van der Waals surface area contributed by atoms with Crippen LogP contribution in [0.2, 0.25) is 0 Å². The highest BCUT2D eigenvalue weighted by atomic mass is 19.4. The first-order valence-electron chi connectivity index (χ1n) is 12.4. The number of nitrogens with one attached hydrogen (secondary N) is 1. The van der Waals surface area contributed by atoms with Gasteiger partial charge in [-0.15, -0.1) is 0 Å². The predicted molar refractivity (Wildman–Crippen MR) is 131 cm³/mol. The number of pyridine rings is 1. The van der Waals surface area contributed by atoms with Crippen LogP contribution < -0.4 is 5.32 Å². The van der Waals surface area contributed by atoms with E-state index in [1.54, 1.807) is 6.20 Å². The molecule has 5 rings (SSSR count). The molecule has 0 saturated carbocycles. The molecule has 1 unspecified atom stereocenters. The van der Waals surface area contributed by atoms with Gasteiger partial charge in [0.05, 0.1) is 22.6 Å². The molecule has 194 valence electrons. The van der Waals surface area contributed by atoms with E-state index in [4.69, 9.17) is 0 Å². The van der Waals surface area contributed by atoms with Gasteiger partial charge in [0.15, 0.2) is 0 Å². The van der Waals surface area contributed by atoms with Crippen molar-refractivity contribution in [3.8, 4) is 0 Å². The molecule has 2 aliphatic heterocycles. The summed E-state index contributed by atoms with van der Waals surface area (Å²) in [5.41, 5.74) is 1.32. The zero-order chi connectivity index (χ0) is 26.4. The summed E-state index contributed by atoms with van der Waals surface area (Å²) in [4.78, 5) is 30.5. The molecular weight excluding hydrogens is 483 g/mol. The Balaban J connectivity index is 1.31. The number of piperidine rings is 2. The average molecular weight is 512 g/mol. The number of aliphatic hydroxyl groups is 1. The van der Waals surface area contributed by atoms with Gasteiger partial charge >= 0.3 is 6.18 Å². The number of rotatable bonds is 4. The van der Waals surface area contributed by atoms with Gasteiger partial charge in [0.1, 0.15) is 0 Å². The molecule has 2 N–H and O–H groups in total. The minimum absolute atomic E-state index is 0.00432. The molecule has 37 heavy (non-hydrogen) atoms. The Morgan fingerprint density at radius 3 is 2.57 bits per heavy atom. The molecule has 2 amide bonds. The number of imide groups is 1. The Bertz CT molecular complexity index is 1340. The second-order valence-electron chi connectivity index (χ2n) is 10.2. The zero-order valence-electron chi connectivity index (χ0n) is 20.4. The first kappa shape index (κ1) is 25.4. The van der Waals surface area contributed by atoms with Gasteiger partial charge in [0, 0.05) is 37.1 Å². The molecule has 3 atom stereocenters. The highest BCUT2D eigenvalue weighted by molar-refractivity contribution is 6.01. The molecule has 2 fully saturated rings. The lowest BCUT2D eigenvalue weighted by Gasteiger charge is -2.43. The van der Waals surface area contributed by atoms with Crippen LogP contribution in [0.3, 0.4) is 0 Å². The summed E-state index contributed by atoms with van der Waals surface area (Å²) in [5, 5.41) is 14.8. The van der Waals surface area contributed by atoms with Gasteiger partial charge < -0.3 is 5.11 Å². The molecule has 9 heteroatoms. The molecule has 2 aromatic carbocycles. The number of carbonyl (C=O) groups excluding carboxylic acids is 2. The number of nitrogens with zero attached hydrogens (tertiary/aromatic N) is 2. The van der Waals surface area contributed by atoms with Gasteiger partial charge in [0.2, 0.25) is 11.8 Å². The van der Waals surface area contributed by atoms with Gasteiger partial charge in [-0.2, -0.15) is 13.2 Å². The summed E-state index contributed by atoms with van der Waals surface area (Å²) >= 11 is 0. The quantitative estimate of drug-likeness (QED) is 0.499. The van der Waals surface area contributed by atoms with Crippen LogP contribution in [0, 0.1) is 0 Å². The van der Waals surface area contributed by atoms with Crippen molar-refractivity contribution in [2.45, 2.75) is 62.9 Å². The summed E-state index contributed by atoms with van der Waals surface area (Å²) in [6.07, 6.45) is -1.02. The maximum absolute atomic E-state index is 12.9. The SMILES string of the molecule is C[C@H]1C[C@@](O)(c2ccc3ncc(C4CCC(=O)NC4=O)cc3c2)CCN1Cc1ccc(C(F)(F)F)cc1. The Kier molecular flexibility index (Phi) is 6.53. The molecule has 3 aromatic rings. The lowest BCUT2D eigenvalue weighted by molar-refractivity contribution is -0.138. The number of halogens is 3. The van der Waals surface area contributed by atoms with E-state index in [2.05, 4.69) is 15.2 Å². The van der Waals surface area contributed by atoms with E-state index in [9.17, 15) is 27.9 Å². The van der Waals surface area contributed by atoms with Crippen LogP contribution in [0.1, 0.15) is 60.8 Å². The second kappa shape index (κ2) is 9.54. The number of amides is 2. The third kappa shape index (κ3) is 5.24. The van der Waals surface area contributed by atoms with Gasteiger partial charge in [-0.05, 0) is 73.2 Å². The number of likely N-dealkylation sites (tertiary alicyclic amines) is 1. The summed E-state index contributed by atoms with van der Waals surface area (Å²) in [6, 6.07) is 12.8. The Morgan fingerprint density at radius 2 is 1.89 bits per heavy atom. The van der Waals surface area contributed by atoms with Crippen molar-refractivity contribution in [2.75, 3.05) is 6.54 Å². The van der Waals surface area contributed by atoms with Crippen molar-refractivity contribution in [3.63, 3.8) is 0 Å². The van der Waals surface area contributed by atoms with Crippen LogP contribution in [0.15, 0.2) is 54.7 Å². The molecule has 0 spiro atoms. The van der Waals surface area contributed by atoms with Crippen LogP contribution in [-0.2, 0) is 27.9 Å². The highest BCUT2D eigenvalue weighted by Gasteiger charge is 2.38. The largest absolute Gasteiger partial charge is 0.416 e. The molecule has 0 bridgehead atoms. The third-order valence-electron chi connectivity index (χ3n) is 7.62. The summed E-state index contributed by atoms with van der Waals surface area (Å²) in [6.45, 7) is 3.11. The van der Waals surface area contributed by atoms with E-state index < -0.39 is 23.3 Å². The Morgan fingerprint density at radius 1 is 1.14 bits per heavy atom. The molecular formula is C28H28F3N3O3. The highest BCUT2D eigenvalue weighted by Crippen LogP contribution is 2.38. The summed E-state index contributed by atoms with van der Waals surface area (Å²) in [7, 11) is 0. The van der Waals surface area contributed by atoms with Crippen LogP contribution in [-0.4, -0.2) is 39.4 Å². The fraction of sp³-hybridized carbons (Fsp3) is 0.393. The number of aromatic nitrogens is 1. The number of hydrogen-bond donors (Lipinski definition) is 2. The van der Waals surface area contributed by atoms with E-state index in [0.717, 1.165) is 39.7 Å². The van der Waals surface area contributed by atoms with Crippen LogP contribution in [0.4, 0.5) is 13.2 Å². The molecule has 3 heterocycles. The molecule has 6 nitrogen and oxygen atoms in total. The normalized spacial score (nSPS) is 25.3. The number of carbonyl (C=O) groups is 2. The number of hydrogen-bond acceptors (Lipinski definition) is 5. The maximum Gasteiger partial charge on any atom is 0.416 e. The third-order valence-corrected chi connectivity index (χ3v) is 7.62. The van der Waals surface area contributed by atoms with Crippen LogP contribution in [0.5, 0.6) is 0 Å². The minimum atomic E-state index is -4.36. The lowest BCUT2D eigenvalue weighted by atomic mass is 9.80. The molecule has 2 aliphatic rings. The Labute approximate surface area is 212 Å². The van der Waals surface area contributed by atoms with Crippen molar-refractivity contribution in [3.05, 3.63) is 77.0 Å². The van der Waals surface area contributed by atoms with E-state index in [1.807, 2.05) is 31.2 Å². The topological polar surface area (TPSA) is 82.5 Å². The zero-order valence-corrected chi connectivity index (χ0v) is 20.4. The van der Waals surface area contributed by atoms with Crippen molar-refractivity contribution < 1.29 is 27.9 Å². The predicted octanol–water partition coefficient (Wildman–Crippen LogP) is 4.65. The standard InChI is InChI=1S/C28H28F3N3O3/c1-17-14-27(37,10-11-34(17)16-18-2-4-21(5-3-18)28(29,30)31)22-6-8-24-19(13-22)12-20(15-32-24)23-7-9-25(35)33-26(23)36/h2-6,8,12-13,15,17,23,37H,7,9-11,14,16H2,1H3,(H,33,35,36)/t17-,23?,27+/m0/s1.